The molecule has 0 saturated heterocycles. The van der Waals surface area contributed by atoms with Crippen LogP contribution in [0.1, 0.15) is 16.7 Å². The molecule has 0 bridgehead atoms. The average molecular weight is 394 g/mol. The number of tetrazole rings is 1. The van der Waals surface area contributed by atoms with Gasteiger partial charge < -0.3 is 9.47 Å². The van der Waals surface area contributed by atoms with E-state index in [4.69, 9.17) is 4.74 Å². The third-order valence-electron chi connectivity index (χ3n) is 4.00. The zero-order chi connectivity index (χ0) is 20.5. The van der Waals surface area contributed by atoms with Crippen LogP contribution >= 0.6 is 0 Å². The zero-order valence-electron chi connectivity index (χ0n) is 15.3. The van der Waals surface area contributed by atoms with E-state index in [9.17, 15) is 18.0 Å². The largest absolute Gasteiger partial charge is 0.573 e. The quantitative estimate of drug-likeness (QED) is 0.665. The molecule has 0 spiro atoms. The fourth-order valence-electron chi connectivity index (χ4n) is 2.60. The molecule has 10 heteroatoms. The molecule has 0 aliphatic heterocycles. The fourth-order valence-corrected chi connectivity index (χ4v) is 2.60. The van der Waals surface area contributed by atoms with Crippen molar-refractivity contribution in [1.29, 1.82) is 0 Å². The van der Waals surface area contributed by atoms with E-state index in [1.165, 1.54) is 19.2 Å². The van der Waals surface area contributed by atoms with Gasteiger partial charge in [0.1, 0.15) is 18.1 Å². The molecule has 0 amide bonds. The summed E-state index contributed by atoms with van der Waals surface area (Å²) in [7, 11) is 1.38. The fraction of sp³-hybridized carbons (Fsp3) is 0.278. The van der Waals surface area contributed by atoms with Crippen LogP contribution in [-0.4, -0.2) is 26.2 Å². The monoisotopic (exact) mass is 394 g/mol. The van der Waals surface area contributed by atoms with Gasteiger partial charge in [0.15, 0.2) is 0 Å². The number of nitrogens with zero attached hydrogens (tertiary/aromatic N) is 4. The van der Waals surface area contributed by atoms with Crippen molar-refractivity contribution in [2.45, 2.75) is 26.8 Å². The van der Waals surface area contributed by atoms with Crippen molar-refractivity contribution in [3.8, 4) is 17.2 Å². The summed E-state index contributed by atoms with van der Waals surface area (Å²) in [5, 5.41) is 7.29. The van der Waals surface area contributed by atoms with Crippen LogP contribution in [0.4, 0.5) is 13.2 Å². The lowest BCUT2D eigenvalue weighted by molar-refractivity contribution is -0.275. The van der Waals surface area contributed by atoms with Crippen LogP contribution in [0.15, 0.2) is 41.2 Å². The number of benzene rings is 2. The Morgan fingerprint density at radius 3 is 2.46 bits per heavy atom. The molecule has 0 fully saturated rings. The number of hydrogen-bond acceptors (Lipinski definition) is 5. The standard InChI is InChI=1S/C18H17F3N4O3/c1-11-7-8-12(2)16(9-11)27-10-13-14(25-17(26)24(3)22-23-25)5-4-6-15(13)28-18(19,20)21/h4-9H,10H2,1-3H3. The minimum absolute atomic E-state index is 0.0170. The molecule has 2 aromatic carbocycles. The lowest BCUT2D eigenvalue weighted by Gasteiger charge is -2.17. The molecule has 148 valence electrons. The SMILES string of the molecule is Cc1ccc(C)c(OCc2c(OC(F)(F)F)cccc2-n2nnn(C)c2=O)c1. The predicted molar refractivity (Wildman–Crippen MR) is 93.5 cm³/mol. The lowest BCUT2D eigenvalue weighted by Crippen LogP contribution is -2.24. The molecule has 3 aromatic rings. The Morgan fingerprint density at radius 1 is 1.07 bits per heavy atom. The highest BCUT2D eigenvalue weighted by Gasteiger charge is 2.33. The van der Waals surface area contributed by atoms with Gasteiger partial charge in [-0.05, 0) is 53.6 Å². The summed E-state index contributed by atoms with van der Waals surface area (Å²) in [6.07, 6.45) is -4.90. The zero-order valence-corrected chi connectivity index (χ0v) is 15.3. The Hall–Kier alpha value is -3.30. The van der Waals surface area contributed by atoms with Crippen LogP contribution in [-0.2, 0) is 13.7 Å². The summed E-state index contributed by atoms with van der Waals surface area (Å²) in [4.78, 5) is 12.2. The lowest BCUT2D eigenvalue weighted by atomic mass is 10.1. The number of halogens is 3. The summed E-state index contributed by atoms with van der Waals surface area (Å²) < 4.78 is 50.3. The summed E-state index contributed by atoms with van der Waals surface area (Å²) in [5.41, 5.74) is 1.24. The Morgan fingerprint density at radius 2 is 1.82 bits per heavy atom. The van der Waals surface area contributed by atoms with Crippen molar-refractivity contribution in [2.75, 3.05) is 0 Å². The van der Waals surface area contributed by atoms with Gasteiger partial charge in [-0.3, -0.25) is 0 Å². The van der Waals surface area contributed by atoms with E-state index < -0.39 is 17.8 Å². The molecule has 0 aliphatic rings. The van der Waals surface area contributed by atoms with E-state index in [0.29, 0.717) is 5.75 Å². The molecular weight excluding hydrogens is 377 g/mol. The van der Waals surface area contributed by atoms with Crippen LogP contribution in [0.3, 0.4) is 0 Å². The van der Waals surface area contributed by atoms with E-state index in [1.54, 1.807) is 6.07 Å². The van der Waals surface area contributed by atoms with Crippen molar-refractivity contribution in [1.82, 2.24) is 19.8 Å². The predicted octanol–water partition coefficient (Wildman–Crippen LogP) is 3.06. The first kappa shape index (κ1) is 19.5. The van der Waals surface area contributed by atoms with Gasteiger partial charge in [-0.2, -0.15) is 9.36 Å². The molecule has 0 N–H and O–H groups in total. The van der Waals surface area contributed by atoms with Crippen molar-refractivity contribution >= 4 is 0 Å². The summed E-state index contributed by atoms with van der Waals surface area (Å²) in [5.74, 6) is 0.0344. The number of aryl methyl sites for hydroxylation is 3. The molecule has 1 heterocycles. The third kappa shape index (κ3) is 4.16. The second-order valence-corrected chi connectivity index (χ2v) is 6.16. The Balaban J connectivity index is 2.06. The van der Waals surface area contributed by atoms with Gasteiger partial charge in [0.05, 0.1) is 11.3 Å². The number of ether oxygens (including phenoxy) is 2. The second kappa shape index (κ2) is 7.37. The minimum atomic E-state index is -4.90. The summed E-state index contributed by atoms with van der Waals surface area (Å²) in [6, 6.07) is 9.45. The van der Waals surface area contributed by atoms with Crippen molar-refractivity contribution in [3.63, 3.8) is 0 Å². The first-order valence-electron chi connectivity index (χ1n) is 8.23. The summed E-state index contributed by atoms with van der Waals surface area (Å²) >= 11 is 0. The second-order valence-electron chi connectivity index (χ2n) is 6.16. The molecule has 28 heavy (non-hydrogen) atoms. The molecule has 0 unspecified atom stereocenters. The highest BCUT2D eigenvalue weighted by atomic mass is 19.4. The molecule has 0 atom stereocenters. The third-order valence-corrected chi connectivity index (χ3v) is 4.00. The van der Waals surface area contributed by atoms with Gasteiger partial charge >= 0.3 is 12.1 Å². The Labute approximate surface area is 157 Å². The maximum absolute atomic E-state index is 12.9. The highest BCUT2D eigenvalue weighted by Crippen LogP contribution is 2.31. The van der Waals surface area contributed by atoms with Crippen molar-refractivity contribution < 1.29 is 22.6 Å². The Bertz CT molecular complexity index is 1060. The number of rotatable bonds is 5. The highest BCUT2D eigenvalue weighted by molar-refractivity contribution is 5.49. The van der Waals surface area contributed by atoms with Crippen LogP contribution in [0.25, 0.3) is 5.69 Å². The molecule has 1 aromatic heterocycles. The van der Waals surface area contributed by atoms with E-state index in [1.807, 2.05) is 26.0 Å². The van der Waals surface area contributed by atoms with Crippen LogP contribution in [0, 0.1) is 13.8 Å². The van der Waals surface area contributed by atoms with Gasteiger partial charge in [-0.25, -0.2) is 4.79 Å². The number of alkyl halides is 3. The van der Waals surface area contributed by atoms with Gasteiger partial charge in [-0.1, -0.05) is 18.2 Å². The maximum Gasteiger partial charge on any atom is 0.573 e. The van der Waals surface area contributed by atoms with E-state index in [0.717, 1.165) is 26.6 Å². The van der Waals surface area contributed by atoms with Gasteiger partial charge in [0.2, 0.25) is 0 Å². The average Bonchev–Trinajstić information content (AvgIpc) is 2.94. The Kier molecular flexibility index (Phi) is 5.12. The molecular formula is C18H17F3N4O3. The van der Waals surface area contributed by atoms with Gasteiger partial charge in [-0.15, -0.1) is 13.2 Å². The summed E-state index contributed by atoms with van der Waals surface area (Å²) in [6.45, 7) is 3.42. The van der Waals surface area contributed by atoms with E-state index in [2.05, 4.69) is 15.2 Å². The van der Waals surface area contributed by atoms with Crippen molar-refractivity contribution in [2.24, 2.45) is 7.05 Å². The molecule has 7 nitrogen and oxygen atoms in total. The van der Waals surface area contributed by atoms with Crippen LogP contribution in [0.5, 0.6) is 11.5 Å². The molecule has 0 aliphatic carbocycles. The molecule has 0 radical (unpaired) electrons. The number of aromatic nitrogens is 4. The number of hydrogen-bond donors (Lipinski definition) is 0. The van der Waals surface area contributed by atoms with Crippen LogP contribution < -0.4 is 15.2 Å². The van der Waals surface area contributed by atoms with Gasteiger partial charge in [0.25, 0.3) is 0 Å². The first-order chi connectivity index (χ1) is 13.2. The van der Waals surface area contributed by atoms with Crippen molar-refractivity contribution in [3.05, 3.63) is 63.6 Å². The smallest absolute Gasteiger partial charge is 0.488 e. The first-order valence-corrected chi connectivity index (χ1v) is 8.23. The topological polar surface area (TPSA) is 71.2 Å². The minimum Gasteiger partial charge on any atom is -0.488 e. The van der Waals surface area contributed by atoms with Crippen LogP contribution in [0.2, 0.25) is 0 Å². The molecule has 0 saturated carbocycles. The van der Waals surface area contributed by atoms with Gasteiger partial charge in [0, 0.05) is 7.05 Å². The molecule has 3 rings (SSSR count). The van der Waals surface area contributed by atoms with E-state index >= 15 is 0 Å². The maximum atomic E-state index is 12.9. The normalized spacial score (nSPS) is 11.5. The van der Waals surface area contributed by atoms with E-state index in [-0.39, 0.29) is 17.9 Å².